The third-order valence-corrected chi connectivity index (χ3v) is 3.07. The van der Waals surface area contributed by atoms with E-state index in [-0.39, 0.29) is 17.6 Å². The third-order valence-electron chi connectivity index (χ3n) is 3.07. The molecule has 0 saturated carbocycles. The van der Waals surface area contributed by atoms with Gasteiger partial charge in [-0.3, -0.25) is 0 Å². The lowest BCUT2D eigenvalue weighted by atomic mass is 10.1. The summed E-state index contributed by atoms with van der Waals surface area (Å²) in [6, 6.07) is 5.41. The average molecular weight is 291 g/mol. The van der Waals surface area contributed by atoms with Crippen molar-refractivity contribution in [2.24, 2.45) is 5.92 Å². The van der Waals surface area contributed by atoms with Crippen LogP contribution in [-0.4, -0.2) is 27.1 Å². The molecular weight excluding hydrogens is 273 g/mol. The van der Waals surface area contributed by atoms with Gasteiger partial charge in [-0.15, -0.1) is 0 Å². The SMILES string of the molecule is CC(C)C(Cn1nccn1)NC(=O)Nc1ccccc1F. The zero-order valence-electron chi connectivity index (χ0n) is 12.0. The Hall–Kier alpha value is -2.44. The van der Waals surface area contributed by atoms with Gasteiger partial charge in [0.1, 0.15) is 5.82 Å². The van der Waals surface area contributed by atoms with Crippen molar-refractivity contribution in [3.63, 3.8) is 0 Å². The molecule has 0 spiro atoms. The van der Waals surface area contributed by atoms with E-state index in [2.05, 4.69) is 20.8 Å². The molecule has 7 heteroatoms. The van der Waals surface area contributed by atoms with Gasteiger partial charge in [-0.05, 0) is 18.1 Å². The molecule has 1 atom stereocenters. The molecule has 2 amide bonds. The highest BCUT2D eigenvalue weighted by Gasteiger charge is 2.18. The van der Waals surface area contributed by atoms with Crippen molar-refractivity contribution in [3.05, 3.63) is 42.5 Å². The highest BCUT2D eigenvalue weighted by molar-refractivity contribution is 5.89. The van der Waals surface area contributed by atoms with Gasteiger partial charge in [-0.1, -0.05) is 26.0 Å². The number of carbonyl (C=O) groups excluding carboxylic acids is 1. The minimum Gasteiger partial charge on any atom is -0.333 e. The predicted molar refractivity (Wildman–Crippen MR) is 77.2 cm³/mol. The smallest absolute Gasteiger partial charge is 0.319 e. The first-order valence-corrected chi connectivity index (χ1v) is 6.72. The molecule has 21 heavy (non-hydrogen) atoms. The van der Waals surface area contributed by atoms with Crippen LogP contribution in [0, 0.1) is 11.7 Å². The fourth-order valence-corrected chi connectivity index (χ4v) is 1.83. The molecule has 2 N–H and O–H groups in total. The number of hydrogen-bond donors (Lipinski definition) is 2. The van der Waals surface area contributed by atoms with Crippen LogP contribution in [-0.2, 0) is 6.54 Å². The van der Waals surface area contributed by atoms with Gasteiger partial charge in [0, 0.05) is 0 Å². The summed E-state index contributed by atoms with van der Waals surface area (Å²) >= 11 is 0. The van der Waals surface area contributed by atoms with Crippen molar-refractivity contribution >= 4 is 11.7 Å². The number of aromatic nitrogens is 3. The molecule has 0 bridgehead atoms. The first kappa shape index (κ1) is 15.0. The van der Waals surface area contributed by atoms with Crippen molar-refractivity contribution in [2.45, 2.75) is 26.4 Å². The second-order valence-corrected chi connectivity index (χ2v) is 5.01. The Bertz CT molecular complexity index is 585. The molecule has 1 heterocycles. The lowest BCUT2D eigenvalue weighted by Gasteiger charge is -2.22. The van der Waals surface area contributed by atoms with Crippen molar-refractivity contribution in [3.8, 4) is 0 Å². The Morgan fingerprint density at radius 2 is 1.95 bits per heavy atom. The third kappa shape index (κ3) is 4.27. The average Bonchev–Trinajstić information content (AvgIpc) is 2.93. The van der Waals surface area contributed by atoms with Crippen molar-refractivity contribution in [2.75, 3.05) is 5.32 Å². The molecule has 1 aromatic heterocycles. The topological polar surface area (TPSA) is 71.8 Å². The minimum absolute atomic E-state index is 0.148. The minimum atomic E-state index is -0.470. The molecular formula is C14H18FN5O. The van der Waals surface area contributed by atoms with Gasteiger partial charge < -0.3 is 10.6 Å². The molecule has 0 saturated heterocycles. The van der Waals surface area contributed by atoms with Crippen molar-refractivity contribution in [1.82, 2.24) is 20.3 Å². The second-order valence-electron chi connectivity index (χ2n) is 5.01. The molecule has 0 radical (unpaired) electrons. The van der Waals surface area contributed by atoms with Crippen LogP contribution in [0.5, 0.6) is 0 Å². The molecule has 2 aromatic rings. The number of nitrogens with zero attached hydrogens (tertiary/aromatic N) is 3. The van der Waals surface area contributed by atoms with Crippen LogP contribution in [0.1, 0.15) is 13.8 Å². The summed E-state index contributed by atoms with van der Waals surface area (Å²) in [6.45, 7) is 4.42. The van der Waals surface area contributed by atoms with E-state index in [0.29, 0.717) is 6.54 Å². The zero-order valence-corrected chi connectivity index (χ0v) is 12.0. The fraction of sp³-hybridized carbons (Fsp3) is 0.357. The van der Waals surface area contributed by atoms with Crippen LogP contribution in [0.15, 0.2) is 36.7 Å². The summed E-state index contributed by atoms with van der Waals surface area (Å²) in [5.74, 6) is -0.287. The Morgan fingerprint density at radius 3 is 2.57 bits per heavy atom. The van der Waals surface area contributed by atoms with Crippen LogP contribution < -0.4 is 10.6 Å². The molecule has 0 aliphatic heterocycles. The van der Waals surface area contributed by atoms with Crippen LogP contribution in [0.4, 0.5) is 14.9 Å². The number of hydrogen-bond acceptors (Lipinski definition) is 3. The molecule has 0 aliphatic rings. The number of benzene rings is 1. The van der Waals surface area contributed by atoms with Gasteiger partial charge in [0.15, 0.2) is 0 Å². The normalized spacial score (nSPS) is 12.2. The zero-order chi connectivity index (χ0) is 15.2. The largest absolute Gasteiger partial charge is 0.333 e. The maximum absolute atomic E-state index is 13.5. The number of halogens is 1. The van der Waals surface area contributed by atoms with Gasteiger partial charge in [0.2, 0.25) is 0 Å². The lowest BCUT2D eigenvalue weighted by molar-refractivity contribution is 0.239. The Morgan fingerprint density at radius 1 is 1.29 bits per heavy atom. The number of nitrogens with one attached hydrogen (secondary N) is 2. The van der Waals surface area contributed by atoms with E-state index in [9.17, 15) is 9.18 Å². The van der Waals surface area contributed by atoms with Crippen molar-refractivity contribution < 1.29 is 9.18 Å². The van der Waals surface area contributed by atoms with Gasteiger partial charge in [-0.25, -0.2) is 9.18 Å². The number of amides is 2. The first-order valence-electron chi connectivity index (χ1n) is 6.72. The number of anilines is 1. The lowest BCUT2D eigenvalue weighted by Crippen LogP contribution is -2.44. The van der Waals surface area contributed by atoms with Gasteiger partial charge in [-0.2, -0.15) is 15.0 Å². The highest BCUT2D eigenvalue weighted by Crippen LogP contribution is 2.12. The van der Waals surface area contributed by atoms with Crippen LogP contribution in [0.3, 0.4) is 0 Å². The molecule has 6 nitrogen and oxygen atoms in total. The van der Waals surface area contributed by atoms with E-state index < -0.39 is 11.8 Å². The summed E-state index contributed by atoms with van der Waals surface area (Å²) in [4.78, 5) is 13.5. The molecule has 2 rings (SSSR count). The van der Waals surface area contributed by atoms with Crippen molar-refractivity contribution in [1.29, 1.82) is 0 Å². The quantitative estimate of drug-likeness (QED) is 0.887. The molecule has 0 aliphatic carbocycles. The number of urea groups is 1. The first-order chi connectivity index (χ1) is 10.1. The van der Waals surface area contributed by atoms with Gasteiger partial charge in [0.05, 0.1) is 30.7 Å². The summed E-state index contributed by atoms with van der Waals surface area (Å²) < 4.78 is 13.5. The van der Waals surface area contributed by atoms with E-state index in [1.54, 1.807) is 24.5 Å². The number of para-hydroxylation sites is 1. The second kappa shape index (κ2) is 6.83. The monoisotopic (exact) mass is 291 g/mol. The van der Waals surface area contributed by atoms with Crippen LogP contribution >= 0.6 is 0 Å². The van der Waals surface area contributed by atoms with E-state index in [0.717, 1.165) is 0 Å². The molecule has 1 unspecified atom stereocenters. The standard InChI is InChI=1S/C14H18FN5O/c1-10(2)13(9-20-16-7-8-17-20)19-14(21)18-12-6-4-3-5-11(12)15/h3-8,10,13H,9H2,1-2H3,(H2,18,19,21). The Labute approximate surface area is 122 Å². The van der Waals surface area contributed by atoms with Gasteiger partial charge in [0.25, 0.3) is 0 Å². The van der Waals surface area contributed by atoms with Crippen LogP contribution in [0.25, 0.3) is 0 Å². The van der Waals surface area contributed by atoms with E-state index in [1.807, 2.05) is 13.8 Å². The number of rotatable bonds is 5. The molecule has 1 aromatic carbocycles. The molecule has 0 fully saturated rings. The fourth-order valence-electron chi connectivity index (χ4n) is 1.83. The maximum atomic E-state index is 13.5. The predicted octanol–water partition coefficient (Wildman–Crippen LogP) is 2.26. The van der Waals surface area contributed by atoms with E-state index >= 15 is 0 Å². The van der Waals surface area contributed by atoms with Crippen LogP contribution in [0.2, 0.25) is 0 Å². The van der Waals surface area contributed by atoms with Gasteiger partial charge >= 0.3 is 6.03 Å². The summed E-state index contributed by atoms with van der Waals surface area (Å²) in [5.41, 5.74) is 0.148. The van der Waals surface area contributed by atoms with E-state index in [4.69, 9.17) is 0 Å². The van der Waals surface area contributed by atoms with E-state index in [1.165, 1.54) is 16.9 Å². The summed E-state index contributed by atoms with van der Waals surface area (Å²) in [7, 11) is 0. The Kier molecular flexibility index (Phi) is 4.86. The molecule has 112 valence electrons. The Balaban J connectivity index is 1.97. The summed E-state index contributed by atoms with van der Waals surface area (Å²) in [6.07, 6.45) is 3.16. The number of carbonyl (C=O) groups is 1. The highest BCUT2D eigenvalue weighted by atomic mass is 19.1. The maximum Gasteiger partial charge on any atom is 0.319 e. The summed E-state index contributed by atoms with van der Waals surface area (Å²) in [5, 5.41) is 13.3.